The summed E-state index contributed by atoms with van der Waals surface area (Å²) in [5.41, 5.74) is 0. The van der Waals surface area contributed by atoms with Crippen LogP contribution in [0.1, 0.15) is 52.4 Å². The molecular formula is C14H30N2. The lowest BCUT2D eigenvalue weighted by Crippen LogP contribution is -2.39. The van der Waals surface area contributed by atoms with E-state index in [2.05, 4.69) is 31.1 Å². The molecule has 0 amide bonds. The van der Waals surface area contributed by atoms with Gasteiger partial charge >= 0.3 is 0 Å². The van der Waals surface area contributed by atoms with E-state index in [0.29, 0.717) is 6.04 Å². The second-order valence-electron chi connectivity index (χ2n) is 5.52. The predicted molar refractivity (Wildman–Crippen MR) is 71.8 cm³/mol. The first-order valence-corrected chi connectivity index (χ1v) is 7.14. The summed E-state index contributed by atoms with van der Waals surface area (Å²) in [7, 11) is 2.20. The van der Waals surface area contributed by atoms with E-state index in [1.54, 1.807) is 0 Å². The molecule has 2 heteroatoms. The minimum absolute atomic E-state index is 0.633. The average molecular weight is 226 g/mol. The second kappa shape index (κ2) is 8.08. The maximum Gasteiger partial charge on any atom is 0.0166 e. The molecule has 1 fully saturated rings. The second-order valence-corrected chi connectivity index (χ2v) is 5.52. The van der Waals surface area contributed by atoms with E-state index in [0.717, 1.165) is 12.5 Å². The Morgan fingerprint density at radius 2 is 1.81 bits per heavy atom. The third kappa shape index (κ3) is 5.86. The van der Waals surface area contributed by atoms with Gasteiger partial charge in [-0.1, -0.05) is 32.6 Å². The normalized spacial score (nSPS) is 21.0. The molecule has 96 valence electrons. The lowest BCUT2D eigenvalue weighted by Gasteiger charge is -2.23. The van der Waals surface area contributed by atoms with E-state index in [1.165, 1.54) is 51.6 Å². The van der Waals surface area contributed by atoms with E-state index in [1.807, 2.05) is 0 Å². The van der Waals surface area contributed by atoms with Gasteiger partial charge in [0.25, 0.3) is 0 Å². The fraction of sp³-hybridized carbons (Fsp3) is 1.00. The van der Waals surface area contributed by atoms with Crippen molar-refractivity contribution in [3.8, 4) is 0 Å². The van der Waals surface area contributed by atoms with Gasteiger partial charge in [0.1, 0.15) is 0 Å². The van der Waals surface area contributed by atoms with Crippen molar-refractivity contribution >= 4 is 0 Å². The van der Waals surface area contributed by atoms with Gasteiger partial charge in [0.2, 0.25) is 0 Å². The molecule has 2 nitrogen and oxygen atoms in total. The van der Waals surface area contributed by atoms with Gasteiger partial charge in [-0.2, -0.15) is 0 Å². The zero-order valence-corrected chi connectivity index (χ0v) is 11.5. The highest BCUT2D eigenvalue weighted by molar-refractivity contribution is 4.71. The smallest absolute Gasteiger partial charge is 0.0166 e. The average Bonchev–Trinajstić information content (AvgIpc) is 2.54. The van der Waals surface area contributed by atoms with E-state index in [4.69, 9.17) is 0 Å². The van der Waals surface area contributed by atoms with Crippen LogP contribution in [0.3, 0.4) is 0 Å². The maximum absolute atomic E-state index is 3.70. The molecule has 1 aliphatic rings. The Labute approximate surface area is 102 Å². The van der Waals surface area contributed by atoms with Crippen LogP contribution in [0.25, 0.3) is 0 Å². The number of nitrogens with one attached hydrogen (secondary N) is 1. The van der Waals surface area contributed by atoms with Crippen LogP contribution in [0, 0.1) is 5.92 Å². The molecule has 1 rings (SSSR count). The monoisotopic (exact) mass is 226 g/mol. The molecule has 1 aliphatic carbocycles. The number of hydrogen-bond acceptors (Lipinski definition) is 2. The fourth-order valence-corrected chi connectivity index (χ4v) is 2.60. The number of hydrogen-bond donors (Lipinski definition) is 1. The Kier molecular flexibility index (Phi) is 7.06. The summed E-state index contributed by atoms with van der Waals surface area (Å²) in [5, 5.41) is 3.70. The molecule has 0 aromatic carbocycles. The highest BCUT2D eigenvalue weighted by Gasteiger charge is 2.13. The molecule has 16 heavy (non-hydrogen) atoms. The third-order valence-electron chi connectivity index (χ3n) is 3.86. The third-order valence-corrected chi connectivity index (χ3v) is 3.86. The van der Waals surface area contributed by atoms with Crippen LogP contribution in [-0.4, -0.2) is 37.6 Å². The molecular weight excluding hydrogens is 196 g/mol. The number of rotatable bonds is 6. The van der Waals surface area contributed by atoms with Gasteiger partial charge in [0.15, 0.2) is 0 Å². The van der Waals surface area contributed by atoms with Crippen molar-refractivity contribution in [3.63, 3.8) is 0 Å². The van der Waals surface area contributed by atoms with Crippen molar-refractivity contribution in [2.45, 2.75) is 58.4 Å². The Morgan fingerprint density at radius 3 is 2.38 bits per heavy atom. The quantitative estimate of drug-likeness (QED) is 0.701. The van der Waals surface area contributed by atoms with E-state index < -0.39 is 0 Å². The van der Waals surface area contributed by atoms with E-state index >= 15 is 0 Å². The summed E-state index contributed by atoms with van der Waals surface area (Å²) in [6, 6.07) is 0.633. The predicted octanol–water partition coefficient (Wildman–Crippen LogP) is 2.89. The molecule has 1 atom stereocenters. The molecule has 0 saturated heterocycles. The minimum Gasteiger partial charge on any atom is -0.313 e. The first kappa shape index (κ1) is 14.0. The highest BCUT2D eigenvalue weighted by atomic mass is 15.1. The van der Waals surface area contributed by atoms with Crippen molar-refractivity contribution in [1.82, 2.24) is 10.2 Å². The SMILES string of the molecule is CCN(C)CC(C)NCC1CCCCCC1. The molecule has 0 radical (unpaired) electrons. The Hall–Kier alpha value is -0.0800. The minimum atomic E-state index is 0.633. The molecule has 1 N–H and O–H groups in total. The first-order chi connectivity index (χ1) is 7.72. The molecule has 1 unspecified atom stereocenters. The summed E-state index contributed by atoms with van der Waals surface area (Å²) in [6.07, 6.45) is 8.73. The summed E-state index contributed by atoms with van der Waals surface area (Å²) in [5.74, 6) is 0.942. The van der Waals surface area contributed by atoms with Gasteiger partial charge in [0, 0.05) is 12.6 Å². The molecule has 0 spiro atoms. The van der Waals surface area contributed by atoms with Crippen molar-refractivity contribution in [3.05, 3.63) is 0 Å². The van der Waals surface area contributed by atoms with Crippen molar-refractivity contribution in [2.75, 3.05) is 26.7 Å². The van der Waals surface area contributed by atoms with Gasteiger partial charge in [0.05, 0.1) is 0 Å². The lowest BCUT2D eigenvalue weighted by atomic mass is 10.0. The van der Waals surface area contributed by atoms with Gasteiger partial charge in [-0.3, -0.25) is 0 Å². The van der Waals surface area contributed by atoms with Crippen LogP contribution >= 0.6 is 0 Å². The maximum atomic E-state index is 3.70. The highest BCUT2D eigenvalue weighted by Crippen LogP contribution is 2.22. The Bertz CT molecular complexity index is 162. The van der Waals surface area contributed by atoms with Crippen molar-refractivity contribution < 1.29 is 0 Å². The zero-order chi connectivity index (χ0) is 11.8. The van der Waals surface area contributed by atoms with Gasteiger partial charge in [-0.25, -0.2) is 0 Å². The topological polar surface area (TPSA) is 15.3 Å². The Morgan fingerprint density at radius 1 is 1.19 bits per heavy atom. The first-order valence-electron chi connectivity index (χ1n) is 7.14. The molecule has 0 heterocycles. The van der Waals surface area contributed by atoms with E-state index in [9.17, 15) is 0 Å². The van der Waals surface area contributed by atoms with Crippen molar-refractivity contribution in [1.29, 1.82) is 0 Å². The number of likely N-dealkylation sites (N-methyl/N-ethyl adjacent to an activating group) is 1. The zero-order valence-electron chi connectivity index (χ0n) is 11.5. The molecule has 0 aromatic heterocycles. The Balaban J connectivity index is 2.12. The van der Waals surface area contributed by atoms with Gasteiger partial charge < -0.3 is 10.2 Å². The number of nitrogens with zero attached hydrogens (tertiary/aromatic N) is 1. The standard InChI is InChI=1S/C14H30N2/c1-4-16(3)12-13(2)15-11-14-9-7-5-6-8-10-14/h13-15H,4-12H2,1-3H3. The van der Waals surface area contributed by atoms with Crippen LogP contribution in [0.5, 0.6) is 0 Å². The summed E-state index contributed by atoms with van der Waals surface area (Å²) < 4.78 is 0. The molecule has 1 saturated carbocycles. The summed E-state index contributed by atoms with van der Waals surface area (Å²) in [6.45, 7) is 8.08. The molecule has 0 bridgehead atoms. The van der Waals surface area contributed by atoms with Crippen molar-refractivity contribution in [2.24, 2.45) is 5.92 Å². The lowest BCUT2D eigenvalue weighted by molar-refractivity contribution is 0.296. The summed E-state index contributed by atoms with van der Waals surface area (Å²) in [4.78, 5) is 2.38. The fourth-order valence-electron chi connectivity index (χ4n) is 2.60. The van der Waals surface area contributed by atoms with Crippen LogP contribution < -0.4 is 5.32 Å². The van der Waals surface area contributed by atoms with Gasteiger partial charge in [-0.05, 0) is 45.8 Å². The van der Waals surface area contributed by atoms with Crippen LogP contribution in [-0.2, 0) is 0 Å². The largest absolute Gasteiger partial charge is 0.313 e. The van der Waals surface area contributed by atoms with Crippen LogP contribution in [0.4, 0.5) is 0 Å². The molecule has 0 aromatic rings. The van der Waals surface area contributed by atoms with Crippen LogP contribution in [0.2, 0.25) is 0 Å². The van der Waals surface area contributed by atoms with Crippen LogP contribution in [0.15, 0.2) is 0 Å². The van der Waals surface area contributed by atoms with E-state index in [-0.39, 0.29) is 0 Å². The summed E-state index contributed by atoms with van der Waals surface area (Å²) >= 11 is 0. The molecule has 0 aliphatic heterocycles. The van der Waals surface area contributed by atoms with Gasteiger partial charge in [-0.15, -0.1) is 0 Å².